The topological polar surface area (TPSA) is 9.23 Å². The second kappa shape index (κ2) is 7.91. The molecule has 23 heavy (non-hydrogen) atoms. The summed E-state index contributed by atoms with van der Waals surface area (Å²) in [4.78, 5) is 0. The lowest BCUT2D eigenvalue weighted by atomic mass is 10.0. The molecule has 0 bridgehead atoms. The van der Waals surface area contributed by atoms with Crippen molar-refractivity contribution in [1.82, 2.24) is 0 Å². The molecule has 2 radical (unpaired) electrons. The van der Waals surface area contributed by atoms with Crippen molar-refractivity contribution in [1.29, 1.82) is 0 Å². The number of aryl methyl sites for hydroxylation is 1. The van der Waals surface area contributed by atoms with E-state index in [1.54, 1.807) is 0 Å². The molecule has 3 rings (SSSR count). The van der Waals surface area contributed by atoms with Crippen LogP contribution < -0.4 is 5.19 Å². The first-order valence-electron chi connectivity index (χ1n) is 7.97. The molecular weight excluding hydrogens is 296 g/mol. The zero-order valence-corrected chi connectivity index (χ0v) is 14.3. The Morgan fingerprint density at radius 3 is 1.74 bits per heavy atom. The van der Waals surface area contributed by atoms with Crippen LogP contribution >= 0.6 is 0 Å². The molecule has 0 amide bonds. The van der Waals surface area contributed by atoms with Gasteiger partial charge in [-0.25, -0.2) is 0 Å². The van der Waals surface area contributed by atoms with Crippen LogP contribution in [0, 0.1) is 0 Å². The predicted octanol–water partition coefficient (Wildman–Crippen LogP) is 4.30. The average molecular weight is 316 g/mol. The Bertz CT molecular complexity index is 668. The van der Waals surface area contributed by atoms with Gasteiger partial charge in [-0.3, -0.25) is 0 Å². The molecule has 0 aromatic heterocycles. The van der Waals surface area contributed by atoms with E-state index in [4.69, 9.17) is 4.43 Å². The van der Waals surface area contributed by atoms with Crippen molar-refractivity contribution in [2.75, 3.05) is 0 Å². The quantitative estimate of drug-likeness (QED) is 0.616. The van der Waals surface area contributed by atoms with E-state index >= 15 is 0 Å². The number of hydrogen-bond acceptors (Lipinski definition) is 1. The van der Waals surface area contributed by atoms with Gasteiger partial charge in [0.2, 0.25) is 0 Å². The molecule has 0 aliphatic rings. The molecule has 3 aromatic carbocycles. The SMILES string of the molecule is CCc1ccc([Si]OC(c2ccccc2)c2ccccc2)cc1. The van der Waals surface area contributed by atoms with Gasteiger partial charge in [0, 0.05) is 0 Å². The van der Waals surface area contributed by atoms with Crippen LogP contribution in [0.2, 0.25) is 0 Å². The summed E-state index contributed by atoms with van der Waals surface area (Å²) in [6.07, 6.45) is 1.04. The molecule has 0 spiro atoms. The van der Waals surface area contributed by atoms with Crippen LogP contribution in [0.25, 0.3) is 0 Å². The molecule has 0 heterocycles. The van der Waals surface area contributed by atoms with Gasteiger partial charge in [0.25, 0.3) is 9.76 Å². The first-order chi connectivity index (χ1) is 11.4. The van der Waals surface area contributed by atoms with Crippen molar-refractivity contribution in [3.8, 4) is 0 Å². The first kappa shape index (κ1) is 15.7. The summed E-state index contributed by atoms with van der Waals surface area (Å²) in [6.45, 7) is 2.18. The third kappa shape index (κ3) is 4.18. The number of benzene rings is 3. The third-order valence-corrected chi connectivity index (χ3v) is 4.78. The summed E-state index contributed by atoms with van der Waals surface area (Å²) in [7, 11) is 0.334. The lowest BCUT2D eigenvalue weighted by Crippen LogP contribution is -2.20. The van der Waals surface area contributed by atoms with E-state index in [0.29, 0.717) is 9.76 Å². The molecular formula is C21H20OSi. The minimum absolute atomic E-state index is 0.0263. The molecule has 0 aliphatic carbocycles. The van der Waals surface area contributed by atoms with Crippen LogP contribution in [-0.2, 0) is 10.8 Å². The average Bonchev–Trinajstić information content (AvgIpc) is 2.64. The van der Waals surface area contributed by atoms with Gasteiger partial charge >= 0.3 is 0 Å². The monoisotopic (exact) mass is 316 g/mol. The lowest BCUT2D eigenvalue weighted by molar-refractivity contribution is 0.266. The van der Waals surface area contributed by atoms with Crippen molar-refractivity contribution in [2.24, 2.45) is 0 Å². The third-order valence-electron chi connectivity index (χ3n) is 3.86. The molecule has 0 saturated heterocycles. The second-order valence-corrected chi connectivity index (χ2v) is 6.49. The van der Waals surface area contributed by atoms with Gasteiger partial charge in [0.1, 0.15) is 0 Å². The fraction of sp³-hybridized carbons (Fsp3) is 0.143. The number of hydrogen-bond donors (Lipinski definition) is 0. The number of rotatable bonds is 6. The Labute approximate surface area is 140 Å². The Balaban J connectivity index is 1.79. The maximum Gasteiger partial charge on any atom is 0.270 e. The summed E-state index contributed by atoms with van der Waals surface area (Å²) >= 11 is 0. The highest BCUT2D eigenvalue weighted by Gasteiger charge is 2.14. The molecule has 0 saturated carbocycles. The summed E-state index contributed by atoms with van der Waals surface area (Å²) in [5.41, 5.74) is 3.74. The zero-order valence-electron chi connectivity index (χ0n) is 13.3. The first-order valence-corrected chi connectivity index (χ1v) is 8.88. The van der Waals surface area contributed by atoms with Gasteiger partial charge in [-0.05, 0) is 28.3 Å². The van der Waals surface area contributed by atoms with Gasteiger partial charge < -0.3 is 4.43 Å². The Hall–Kier alpha value is -2.16. The molecule has 0 fully saturated rings. The van der Waals surface area contributed by atoms with Gasteiger partial charge in [-0.15, -0.1) is 0 Å². The van der Waals surface area contributed by atoms with E-state index < -0.39 is 0 Å². The highest BCUT2D eigenvalue weighted by atomic mass is 28.2. The highest BCUT2D eigenvalue weighted by Crippen LogP contribution is 2.25. The molecule has 114 valence electrons. The fourth-order valence-corrected chi connectivity index (χ4v) is 3.35. The highest BCUT2D eigenvalue weighted by molar-refractivity contribution is 6.46. The Morgan fingerprint density at radius 2 is 1.26 bits per heavy atom. The van der Waals surface area contributed by atoms with Crippen molar-refractivity contribution in [2.45, 2.75) is 19.4 Å². The fourth-order valence-electron chi connectivity index (χ4n) is 2.52. The van der Waals surface area contributed by atoms with Crippen LogP contribution in [0.1, 0.15) is 29.7 Å². The van der Waals surface area contributed by atoms with Crippen LogP contribution in [0.15, 0.2) is 84.9 Å². The lowest BCUT2D eigenvalue weighted by Gasteiger charge is -2.19. The van der Waals surface area contributed by atoms with E-state index in [0.717, 1.165) is 6.42 Å². The van der Waals surface area contributed by atoms with Crippen molar-refractivity contribution in [3.05, 3.63) is 102 Å². The predicted molar refractivity (Wildman–Crippen MR) is 97.0 cm³/mol. The minimum atomic E-state index is -0.0263. The van der Waals surface area contributed by atoms with E-state index in [-0.39, 0.29) is 6.10 Å². The van der Waals surface area contributed by atoms with Crippen molar-refractivity contribution < 1.29 is 4.43 Å². The minimum Gasteiger partial charge on any atom is -0.400 e. The van der Waals surface area contributed by atoms with Gasteiger partial charge in [-0.1, -0.05) is 91.9 Å². The van der Waals surface area contributed by atoms with Crippen molar-refractivity contribution >= 4 is 14.9 Å². The molecule has 0 unspecified atom stereocenters. The van der Waals surface area contributed by atoms with Crippen LogP contribution in [-0.4, -0.2) is 9.76 Å². The molecule has 0 N–H and O–H groups in total. The smallest absolute Gasteiger partial charge is 0.270 e. The standard InChI is InChI=1S/C21H20OSi/c1-2-17-13-15-20(16-14-17)23-22-21(18-9-5-3-6-10-18)19-11-7-4-8-12-19/h3-16,21H,2H2,1H3. The molecule has 1 nitrogen and oxygen atoms in total. The normalized spacial score (nSPS) is 10.9. The van der Waals surface area contributed by atoms with E-state index in [2.05, 4.69) is 79.7 Å². The summed E-state index contributed by atoms with van der Waals surface area (Å²) in [6, 6.07) is 29.6. The molecule has 2 heteroatoms. The Kier molecular flexibility index (Phi) is 5.40. The van der Waals surface area contributed by atoms with Crippen LogP contribution in [0.5, 0.6) is 0 Å². The summed E-state index contributed by atoms with van der Waals surface area (Å²) in [5.74, 6) is 0. The summed E-state index contributed by atoms with van der Waals surface area (Å²) in [5, 5.41) is 1.24. The molecule has 0 aliphatic heterocycles. The zero-order chi connectivity index (χ0) is 15.9. The molecule has 3 aromatic rings. The van der Waals surface area contributed by atoms with Crippen LogP contribution in [0.3, 0.4) is 0 Å². The van der Waals surface area contributed by atoms with Crippen LogP contribution in [0.4, 0.5) is 0 Å². The maximum absolute atomic E-state index is 6.30. The van der Waals surface area contributed by atoms with Gasteiger partial charge in [0.05, 0.1) is 6.10 Å². The largest absolute Gasteiger partial charge is 0.400 e. The van der Waals surface area contributed by atoms with Gasteiger partial charge in [-0.2, -0.15) is 0 Å². The maximum atomic E-state index is 6.30. The van der Waals surface area contributed by atoms with Crippen molar-refractivity contribution in [3.63, 3.8) is 0 Å². The second-order valence-electron chi connectivity index (χ2n) is 5.47. The Morgan fingerprint density at radius 1 is 0.739 bits per heavy atom. The summed E-state index contributed by atoms with van der Waals surface area (Å²) < 4.78 is 6.30. The van der Waals surface area contributed by atoms with E-state index in [9.17, 15) is 0 Å². The van der Waals surface area contributed by atoms with E-state index in [1.807, 2.05) is 12.1 Å². The molecule has 0 atom stereocenters. The van der Waals surface area contributed by atoms with Gasteiger partial charge in [0.15, 0.2) is 0 Å². The van der Waals surface area contributed by atoms with E-state index in [1.165, 1.54) is 21.9 Å².